The number of fused-ring (bicyclic) bond motifs is 2. The number of hydrogen-bond donors (Lipinski definition) is 0. The van der Waals surface area contributed by atoms with Crippen LogP contribution in [0.1, 0.15) is 32.0 Å². The predicted molar refractivity (Wildman–Crippen MR) is 204 cm³/mol. The lowest BCUT2D eigenvalue weighted by Crippen LogP contribution is -2.16. The first kappa shape index (κ1) is 28.5. The van der Waals surface area contributed by atoms with Crippen molar-refractivity contribution in [2.45, 2.75) is 0 Å². The molecule has 0 saturated carbocycles. The summed E-state index contributed by atoms with van der Waals surface area (Å²) in [5.74, 6) is 0. The van der Waals surface area contributed by atoms with Gasteiger partial charge in [0.1, 0.15) is 0 Å². The molecule has 4 aromatic heterocycles. The fourth-order valence-corrected chi connectivity index (χ4v) is 9.05. The zero-order valence-corrected chi connectivity index (χ0v) is 27.5. The van der Waals surface area contributed by atoms with Crippen molar-refractivity contribution in [1.82, 2.24) is 9.97 Å². The van der Waals surface area contributed by atoms with Gasteiger partial charge in [0.2, 0.25) is 0 Å². The van der Waals surface area contributed by atoms with E-state index in [2.05, 4.69) is 143 Å². The molecule has 2 nitrogen and oxygen atoms in total. The van der Waals surface area contributed by atoms with E-state index < -0.39 is 0 Å². The summed E-state index contributed by atoms with van der Waals surface area (Å²) in [6.07, 6.45) is 7.70. The third-order valence-electron chi connectivity index (χ3n) is 8.87. The first-order valence-corrected chi connectivity index (χ1v) is 17.6. The normalized spacial score (nSPS) is 15.1. The van der Waals surface area contributed by atoms with Crippen molar-refractivity contribution in [2.75, 3.05) is 0 Å². The zero-order chi connectivity index (χ0) is 31.9. The van der Waals surface area contributed by atoms with Gasteiger partial charge in [-0.2, -0.15) is 0 Å². The zero-order valence-electron chi connectivity index (χ0n) is 25.9. The summed E-state index contributed by atoms with van der Waals surface area (Å²) in [7, 11) is 0. The molecule has 0 aliphatic heterocycles. The Morgan fingerprint density at radius 2 is 0.833 bits per heavy atom. The van der Waals surface area contributed by atoms with E-state index in [0.717, 1.165) is 11.1 Å². The molecule has 9 rings (SSSR count). The molecule has 0 unspecified atom stereocenters. The predicted octanol–water partition coefficient (Wildman–Crippen LogP) is 11.8. The molecule has 0 spiro atoms. The van der Waals surface area contributed by atoms with Gasteiger partial charge in [0.15, 0.2) is 0 Å². The molecule has 8 aromatic rings. The Morgan fingerprint density at radius 1 is 0.417 bits per heavy atom. The van der Waals surface area contributed by atoms with E-state index in [1.54, 1.807) is 0 Å². The van der Waals surface area contributed by atoms with E-state index in [9.17, 15) is 0 Å². The smallest absolute Gasteiger partial charge is 0.0367 e. The first-order valence-electron chi connectivity index (χ1n) is 16.0. The second kappa shape index (κ2) is 12.2. The third-order valence-corrected chi connectivity index (χ3v) is 11.1. The maximum absolute atomic E-state index is 4.62. The van der Waals surface area contributed by atoms with Crippen molar-refractivity contribution in [3.63, 3.8) is 0 Å². The summed E-state index contributed by atoms with van der Waals surface area (Å²) in [6, 6.07) is 52.3. The van der Waals surface area contributed by atoms with Crippen LogP contribution in [0.5, 0.6) is 0 Å². The highest BCUT2D eigenvalue weighted by atomic mass is 32.1. The maximum atomic E-state index is 4.62. The van der Waals surface area contributed by atoms with Gasteiger partial charge in [0.25, 0.3) is 0 Å². The fraction of sp³-hybridized carbons (Fsp3) is 0. The van der Waals surface area contributed by atoms with E-state index in [4.69, 9.17) is 0 Å². The second-order valence-corrected chi connectivity index (χ2v) is 13.9. The van der Waals surface area contributed by atoms with Gasteiger partial charge in [0.05, 0.1) is 0 Å². The van der Waals surface area contributed by atoms with Crippen molar-refractivity contribution < 1.29 is 0 Å². The van der Waals surface area contributed by atoms with Crippen LogP contribution in [0.4, 0.5) is 0 Å². The molecule has 48 heavy (non-hydrogen) atoms. The quantitative estimate of drug-likeness (QED) is 0.179. The molecule has 0 atom stereocenters. The van der Waals surface area contributed by atoms with Crippen LogP contribution in [0, 0.1) is 0 Å². The molecular weight excluding hydrogens is 621 g/mol. The largest absolute Gasteiger partial charge is 0.264 e. The molecule has 1 aliphatic carbocycles. The van der Waals surface area contributed by atoms with Crippen LogP contribution in [0.25, 0.3) is 42.5 Å². The lowest BCUT2D eigenvalue weighted by Gasteiger charge is -2.36. The van der Waals surface area contributed by atoms with Gasteiger partial charge in [0, 0.05) is 88.5 Å². The van der Waals surface area contributed by atoms with Gasteiger partial charge < -0.3 is 0 Å². The third kappa shape index (κ3) is 4.94. The molecular formula is C44H28N2S2. The van der Waals surface area contributed by atoms with Crippen LogP contribution < -0.4 is 0 Å². The molecule has 0 bridgehead atoms. The van der Waals surface area contributed by atoms with E-state index in [1.807, 2.05) is 59.6 Å². The number of hydrogen-bond acceptors (Lipinski definition) is 4. The number of allylic oxidation sites excluding steroid dienone is 4. The minimum absolute atomic E-state index is 1.09. The van der Waals surface area contributed by atoms with Crippen molar-refractivity contribution in [3.05, 3.63) is 214 Å². The standard InChI is InChI=1S/C44H28N2S2/c1-3-13-29(14-4-1)39(37-25-31-17-7-9-21-35(31)47-37)43-41(33-19-11-23-45-27-33)42(34-20-12-24-46-28-34)44(43)40(30-15-5-2-6-16-30)38-26-32-18-8-10-22-36(32)48-38/h1-28H/b43-39-,44-40-. The number of thiophene rings is 2. The summed E-state index contributed by atoms with van der Waals surface area (Å²) in [4.78, 5) is 11.7. The number of pyridine rings is 2. The SMILES string of the molecule is c1ccc(/C(=C2C(c3cccnc3)=C(c3cccnc3)C\2=C(/c2ccccc2)c2cc3ccccc3s2)c2cc3ccccc3s2)cc1. The highest BCUT2D eigenvalue weighted by Crippen LogP contribution is 2.59. The molecule has 0 fully saturated rings. The van der Waals surface area contributed by atoms with Crippen molar-refractivity contribution >= 4 is 65.1 Å². The highest BCUT2D eigenvalue weighted by Gasteiger charge is 2.38. The van der Waals surface area contributed by atoms with Crippen LogP contribution in [-0.2, 0) is 0 Å². The minimum Gasteiger partial charge on any atom is -0.264 e. The average Bonchev–Trinajstić information content (AvgIpc) is 3.78. The molecule has 0 N–H and O–H groups in total. The van der Waals surface area contributed by atoms with Crippen molar-refractivity contribution in [3.8, 4) is 0 Å². The van der Waals surface area contributed by atoms with Crippen LogP contribution in [0.3, 0.4) is 0 Å². The minimum atomic E-state index is 1.09. The summed E-state index contributed by atoms with van der Waals surface area (Å²) in [6.45, 7) is 0. The number of aromatic nitrogens is 2. The molecule has 0 saturated heterocycles. The molecule has 226 valence electrons. The van der Waals surface area contributed by atoms with Gasteiger partial charge >= 0.3 is 0 Å². The maximum Gasteiger partial charge on any atom is 0.0367 e. The summed E-state index contributed by atoms with van der Waals surface area (Å²) >= 11 is 3.71. The van der Waals surface area contributed by atoms with E-state index in [1.165, 1.54) is 74.5 Å². The monoisotopic (exact) mass is 648 g/mol. The molecule has 4 heterocycles. The van der Waals surface area contributed by atoms with Gasteiger partial charge in [-0.1, -0.05) is 109 Å². The van der Waals surface area contributed by atoms with E-state index in [-0.39, 0.29) is 0 Å². The summed E-state index contributed by atoms with van der Waals surface area (Å²) in [5, 5.41) is 2.51. The van der Waals surface area contributed by atoms with Gasteiger partial charge in [-0.05, 0) is 58.3 Å². The van der Waals surface area contributed by atoms with Gasteiger partial charge in [-0.3, -0.25) is 9.97 Å². The van der Waals surface area contributed by atoms with E-state index >= 15 is 0 Å². The number of rotatable bonds is 6. The van der Waals surface area contributed by atoms with Crippen LogP contribution in [0.15, 0.2) is 182 Å². The lowest BCUT2D eigenvalue weighted by atomic mass is 9.66. The van der Waals surface area contributed by atoms with Crippen molar-refractivity contribution in [1.29, 1.82) is 0 Å². The molecule has 1 aliphatic rings. The Kier molecular flexibility index (Phi) is 7.23. The highest BCUT2D eigenvalue weighted by molar-refractivity contribution is 7.20. The molecule has 0 radical (unpaired) electrons. The summed E-state index contributed by atoms with van der Waals surface area (Å²) < 4.78 is 2.55. The molecule has 4 heteroatoms. The van der Waals surface area contributed by atoms with Crippen LogP contribution in [0.2, 0.25) is 0 Å². The van der Waals surface area contributed by atoms with Crippen LogP contribution >= 0.6 is 22.7 Å². The van der Waals surface area contributed by atoms with Crippen LogP contribution in [-0.4, -0.2) is 9.97 Å². The Bertz CT molecular complexity index is 2280. The Morgan fingerprint density at radius 3 is 1.23 bits per heavy atom. The Balaban J connectivity index is 1.50. The molecule has 4 aromatic carbocycles. The Labute approximate surface area is 287 Å². The average molecular weight is 649 g/mol. The number of benzene rings is 4. The lowest BCUT2D eigenvalue weighted by molar-refractivity contribution is 1.28. The first-order chi connectivity index (χ1) is 23.8. The summed E-state index contributed by atoms with van der Waals surface area (Å²) in [5.41, 5.74) is 11.9. The fourth-order valence-electron chi connectivity index (χ4n) is 6.78. The van der Waals surface area contributed by atoms with E-state index in [0.29, 0.717) is 0 Å². The topological polar surface area (TPSA) is 25.8 Å². The Hall–Kier alpha value is -5.68. The van der Waals surface area contributed by atoms with Gasteiger partial charge in [-0.25, -0.2) is 0 Å². The second-order valence-electron chi connectivity index (χ2n) is 11.8. The molecule has 0 amide bonds. The number of nitrogens with zero attached hydrogens (tertiary/aromatic N) is 2. The van der Waals surface area contributed by atoms with Gasteiger partial charge in [-0.15, -0.1) is 22.7 Å². The van der Waals surface area contributed by atoms with Crippen molar-refractivity contribution in [2.24, 2.45) is 0 Å².